The molecule has 1 rings (SSSR count). The molecule has 0 bridgehead atoms. The molecular weight excluding hydrogens is 168 g/mol. The molecule has 2 atom stereocenters. The van der Waals surface area contributed by atoms with E-state index in [0.29, 0.717) is 0 Å². The zero-order valence-corrected chi connectivity index (χ0v) is 8.50. The van der Waals surface area contributed by atoms with E-state index >= 15 is 0 Å². The molecule has 1 aliphatic heterocycles. The molecule has 0 spiro atoms. The summed E-state index contributed by atoms with van der Waals surface area (Å²) in [5.41, 5.74) is 0.525. The second-order valence-corrected chi connectivity index (χ2v) is 4.56. The molecule has 0 amide bonds. The lowest BCUT2D eigenvalue weighted by molar-refractivity contribution is -0.146. The summed E-state index contributed by atoms with van der Waals surface area (Å²) >= 11 is 0. The van der Waals surface area contributed by atoms with E-state index in [2.05, 4.69) is 0 Å². The number of hydrogen-bond donors (Lipinski definition) is 1. The first kappa shape index (κ1) is 10.3. The van der Waals surface area contributed by atoms with Crippen molar-refractivity contribution in [1.82, 2.24) is 0 Å². The second kappa shape index (κ2) is 3.14. The molecule has 1 aliphatic rings. The standard InChI is InChI=1S/C10H16O3/c1-6-5-7(11)13-8(6)9(12)10(2,3)4/h5,8-9,12H,1-4H3/t8-,9-/m1/s1. The summed E-state index contributed by atoms with van der Waals surface area (Å²) in [5.74, 6) is -0.356. The van der Waals surface area contributed by atoms with Gasteiger partial charge < -0.3 is 9.84 Å². The maximum Gasteiger partial charge on any atom is 0.331 e. The summed E-state index contributed by atoms with van der Waals surface area (Å²) in [7, 11) is 0. The second-order valence-electron chi connectivity index (χ2n) is 4.56. The Morgan fingerprint density at radius 3 is 2.38 bits per heavy atom. The van der Waals surface area contributed by atoms with Crippen LogP contribution in [-0.4, -0.2) is 23.3 Å². The van der Waals surface area contributed by atoms with Crippen molar-refractivity contribution < 1.29 is 14.6 Å². The molecule has 0 fully saturated rings. The number of aliphatic hydroxyl groups is 1. The maximum absolute atomic E-state index is 10.9. The van der Waals surface area contributed by atoms with Crippen LogP contribution in [0.3, 0.4) is 0 Å². The summed E-state index contributed by atoms with van der Waals surface area (Å²) in [6.07, 6.45) is 0.322. The van der Waals surface area contributed by atoms with E-state index in [4.69, 9.17) is 4.74 Å². The minimum Gasteiger partial charge on any atom is -0.452 e. The van der Waals surface area contributed by atoms with Crippen LogP contribution in [0.25, 0.3) is 0 Å². The van der Waals surface area contributed by atoms with Gasteiger partial charge in [-0.25, -0.2) is 4.79 Å². The van der Waals surface area contributed by atoms with Crippen LogP contribution < -0.4 is 0 Å². The quantitative estimate of drug-likeness (QED) is 0.624. The van der Waals surface area contributed by atoms with Gasteiger partial charge in [-0.15, -0.1) is 0 Å². The Bertz CT molecular complexity index is 247. The predicted octanol–water partition coefficient (Wildman–Crippen LogP) is 1.27. The highest BCUT2D eigenvalue weighted by atomic mass is 16.6. The van der Waals surface area contributed by atoms with Crippen LogP contribution in [0.5, 0.6) is 0 Å². The fourth-order valence-corrected chi connectivity index (χ4v) is 1.29. The first-order valence-corrected chi connectivity index (χ1v) is 4.39. The number of cyclic esters (lactones) is 1. The first-order valence-electron chi connectivity index (χ1n) is 4.39. The molecule has 1 heterocycles. The van der Waals surface area contributed by atoms with E-state index in [-0.39, 0.29) is 11.4 Å². The van der Waals surface area contributed by atoms with Gasteiger partial charge in [-0.2, -0.15) is 0 Å². The predicted molar refractivity (Wildman–Crippen MR) is 49.1 cm³/mol. The third-order valence-corrected chi connectivity index (χ3v) is 2.21. The molecule has 0 aromatic rings. The third kappa shape index (κ3) is 2.10. The van der Waals surface area contributed by atoms with Crippen molar-refractivity contribution in [1.29, 1.82) is 0 Å². The van der Waals surface area contributed by atoms with Crippen molar-refractivity contribution in [3.05, 3.63) is 11.6 Å². The van der Waals surface area contributed by atoms with E-state index in [1.54, 1.807) is 6.92 Å². The van der Waals surface area contributed by atoms with Crippen LogP contribution in [0, 0.1) is 5.41 Å². The molecule has 3 heteroatoms. The molecule has 3 nitrogen and oxygen atoms in total. The van der Waals surface area contributed by atoms with Gasteiger partial charge in [-0.1, -0.05) is 20.8 Å². The highest BCUT2D eigenvalue weighted by molar-refractivity contribution is 5.85. The summed E-state index contributed by atoms with van der Waals surface area (Å²) < 4.78 is 4.98. The van der Waals surface area contributed by atoms with Crippen LogP contribution >= 0.6 is 0 Å². The monoisotopic (exact) mass is 184 g/mol. The lowest BCUT2D eigenvalue weighted by atomic mass is 9.84. The largest absolute Gasteiger partial charge is 0.452 e. The van der Waals surface area contributed by atoms with Gasteiger partial charge in [0.1, 0.15) is 6.10 Å². The molecule has 74 valence electrons. The molecule has 0 aliphatic carbocycles. The minimum absolute atomic E-state index is 0.273. The number of ether oxygens (including phenoxy) is 1. The van der Waals surface area contributed by atoms with Crippen molar-refractivity contribution in [2.75, 3.05) is 0 Å². The van der Waals surface area contributed by atoms with Gasteiger partial charge in [0.15, 0.2) is 0 Å². The highest BCUT2D eigenvalue weighted by Crippen LogP contribution is 2.29. The molecule has 0 aromatic heterocycles. The van der Waals surface area contributed by atoms with Gasteiger partial charge >= 0.3 is 5.97 Å². The molecular formula is C10H16O3. The number of carbonyl (C=O) groups excluding carboxylic acids is 1. The molecule has 0 radical (unpaired) electrons. The molecule has 0 saturated heterocycles. The fourth-order valence-electron chi connectivity index (χ4n) is 1.29. The number of carbonyl (C=O) groups is 1. The number of esters is 1. The lowest BCUT2D eigenvalue weighted by Gasteiger charge is -2.30. The van der Waals surface area contributed by atoms with Crippen LogP contribution in [0.1, 0.15) is 27.7 Å². The number of aliphatic hydroxyl groups excluding tert-OH is 1. The van der Waals surface area contributed by atoms with Gasteiger partial charge in [0.05, 0.1) is 6.10 Å². The minimum atomic E-state index is -0.643. The summed E-state index contributed by atoms with van der Waals surface area (Å²) in [6.45, 7) is 7.54. The van der Waals surface area contributed by atoms with Gasteiger partial charge in [0.25, 0.3) is 0 Å². The smallest absolute Gasteiger partial charge is 0.331 e. The summed E-state index contributed by atoms with van der Waals surface area (Å²) in [4.78, 5) is 10.9. The Labute approximate surface area is 78.4 Å². The van der Waals surface area contributed by atoms with Crippen LogP contribution in [0.4, 0.5) is 0 Å². The molecule has 0 saturated carbocycles. The molecule has 0 aromatic carbocycles. The zero-order valence-electron chi connectivity index (χ0n) is 8.50. The van der Waals surface area contributed by atoms with E-state index in [9.17, 15) is 9.90 Å². The normalized spacial score (nSPS) is 25.5. The van der Waals surface area contributed by atoms with Gasteiger partial charge in [-0.3, -0.25) is 0 Å². The van der Waals surface area contributed by atoms with Crippen molar-refractivity contribution >= 4 is 5.97 Å². The first-order chi connectivity index (χ1) is 5.82. The van der Waals surface area contributed by atoms with E-state index < -0.39 is 12.2 Å². The van der Waals surface area contributed by atoms with Crippen LogP contribution in [0.2, 0.25) is 0 Å². The lowest BCUT2D eigenvalue weighted by Crippen LogP contribution is -2.38. The van der Waals surface area contributed by atoms with Gasteiger partial charge in [-0.05, 0) is 17.9 Å². The van der Waals surface area contributed by atoms with E-state index in [0.717, 1.165) is 5.57 Å². The van der Waals surface area contributed by atoms with Crippen LogP contribution in [-0.2, 0) is 9.53 Å². The van der Waals surface area contributed by atoms with Gasteiger partial charge in [0.2, 0.25) is 0 Å². The average molecular weight is 184 g/mol. The van der Waals surface area contributed by atoms with Crippen molar-refractivity contribution in [3.63, 3.8) is 0 Å². The van der Waals surface area contributed by atoms with Crippen LogP contribution in [0.15, 0.2) is 11.6 Å². The Balaban J connectivity index is 2.76. The Hall–Kier alpha value is -0.830. The van der Waals surface area contributed by atoms with E-state index in [1.807, 2.05) is 20.8 Å². The van der Waals surface area contributed by atoms with Crippen molar-refractivity contribution in [3.8, 4) is 0 Å². The number of hydrogen-bond acceptors (Lipinski definition) is 3. The molecule has 1 N–H and O–H groups in total. The van der Waals surface area contributed by atoms with E-state index in [1.165, 1.54) is 6.08 Å². The molecule has 13 heavy (non-hydrogen) atoms. The van der Waals surface area contributed by atoms with Crippen molar-refractivity contribution in [2.24, 2.45) is 5.41 Å². The SMILES string of the molecule is CC1=CC(=O)O[C@H]1[C@@H](O)C(C)(C)C. The summed E-state index contributed by atoms with van der Waals surface area (Å²) in [5, 5.41) is 9.86. The highest BCUT2D eigenvalue weighted by Gasteiger charge is 2.36. The summed E-state index contributed by atoms with van der Waals surface area (Å²) in [6, 6.07) is 0. The Morgan fingerprint density at radius 2 is 2.08 bits per heavy atom. The fraction of sp³-hybridized carbons (Fsp3) is 0.700. The third-order valence-electron chi connectivity index (χ3n) is 2.21. The molecule has 0 unspecified atom stereocenters. The zero-order chi connectivity index (χ0) is 10.2. The topological polar surface area (TPSA) is 46.5 Å². The van der Waals surface area contributed by atoms with Gasteiger partial charge in [0, 0.05) is 6.08 Å². The average Bonchev–Trinajstić information content (AvgIpc) is 2.26. The maximum atomic E-state index is 10.9. The Morgan fingerprint density at radius 1 is 1.54 bits per heavy atom. The Kier molecular flexibility index (Phi) is 2.48. The number of rotatable bonds is 1. The van der Waals surface area contributed by atoms with Crippen molar-refractivity contribution in [2.45, 2.75) is 39.9 Å².